The van der Waals surface area contributed by atoms with Crippen molar-refractivity contribution in [3.63, 3.8) is 0 Å². The molecule has 1 heterocycles. The van der Waals surface area contributed by atoms with Crippen molar-refractivity contribution in [1.29, 1.82) is 0 Å². The van der Waals surface area contributed by atoms with Crippen molar-refractivity contribution in [2.45, 2.75) is 38.7 Å². The minimum absolute atomic E-state index is 0.0905. The zero-order chi connectivity index (χ0) is 26.4. The quantitative estimate of drug-likeness (QED) is 0.352. The number of nitro groups is 2. The zero-order valence-corrected chi connectivity index (χ0v) is 20.1. The fraction of sp³-hybridized carbons (Fsp3) is 0.231. The van der Waals surface area contributed by atoms with Gasteiger partial charge in [0.25, 0.3) is 17.3 Å². The van der Waals surface area contributed by atoms with Gasteiger partial charge < -0.3 is 4.74 Å². The molecule has 0 saturated heterocycles. The van der Waals surface area contributed by atoms with E-state index in [0.29, 0.717) is 11.1 Å². The molecule has 10 nitrogen and oxygen atoms in total. The first-order valence-corrected chi connectivity index (χ1v) is 11.1. The topological polar surface area (TPSA) is 133 Å². The summed E-state index contributed by atoms with van der Waals surface area (Å²) in [5.74, 6) is -0.777. The third-order valence-electron chi connectivity index (χ3n) is 5.90. The Morgan fingerprint density at radius 1 is 0.917 bits per heavy atom. The molecule has 0 fully saturated rings. The number of anilines is 1. The van der Waals surface area contributed by atoms with Crippen LogP contribution in [0.2, 0.25) is 0 Å². The van der Waals surface area contributed by atoms with E-state index in [-0.39, 0.29) is 11.3 Å². The number of fused-ring (bicyclic) bond motifs is 1. The molecule has 0 saturated carbocycles. The standard InChI is InChI=1S/C26H23N3O7/c1-16-10-13-21-20(14-16)26(17-8-6-5-7-9-17,23(30)27(21)24(31)36-25(2,3)4)19-12-11-18(28(32)33)15-22(19)29(34)35/h5-15H,1-4H3/t26-/m1/s1. The lowest BCUT2D eigenvalue weighted by Gasteiger charge is -2.30. The largest absolute Gasteiger partial charge is 0.443 e. The van der Waals surface area contributed by atoms with E-state index < -0.39 is 44.2 Å². The van der Waals surface area contributed by atoms with Crippen LogP contribution in [0.3, 0.4) is 0 Å². The maximum Gasteiger partial charge on any atom is 0.421 e. The zero-order valence-electron chi connectivity index (χ0n) is 20.1. The second-order valence-corrected chi connectivity index (χ2v) is 9.47. The number of ether oxygens (including phenoxy) is 1. The highest BCUT2D eigenvalue weighted by molar-refractivity contribution is 6.24. The van der Waals surface area contributed by atoms with Crippen LogP contribution in [0.4, 0.5) is 21.9 Å². The molecule has 36 heavy (non-hydrogen) atoms. The van der Waals surface area contributed by atoms with E-state index in [2.05, 4.69) is 0 Å². The van der Waals surface area contributed by atoms with Gasteiger partial charge in [-0.2, -0.15) is 0 Å². The molecule has 0 unspecified atom stereocenters. The van der Waals surface area contributed by atoms with E-state index in [1.807, 2.05) is 0 Å². The van der Waals surface area contributed by atoms with Gasteiger partial charge in [-0.3, -0.25) is 25.0 Å². The van der Waals surface area contributed by atoms with Gasteiger partial charge in [-0.1, -0.05) is 48.0 Å². The van der Waals surface area contributed by atoms with Crippen molar-refractivity contribution in [3.05, 3.63) is 109 Å². The van der Waals surface area contributed by atoms with Crippen molar-refractivity contribution < 1.29 is 24.2 Å². The molecule has 1 aliphatic heterocycles. The van der Waals surface area contributed by atoms with Gasteiger partial charge in [0, 0.05) is 11.6 Å². The Morgan fingerprint density at radius 3 is 2.17 bits per heavy atom. The fourth-order valence-corrected chi connectivity index (χ4v) is 4.51. The summed E-state index contributed by atoms with van der Waals surface area (Å²) in [5.41, 5.74) is -2.28. The third-order valence-corrected chi connectivity index (χ3v) is 5.90. The number of benzene rings is 3. The number of amides is 2. The summed E-state index contributed by atoms with van der Waals surface area (Å²) in [6, 6.07) is 16.5. The molecule has 3 aromatic rings. The van der Waals surface area contributed by atoms with Crippen LogP contribution < -0.4 is 4.90 Å². The molecule has 4 rings (SSSR count). The summed E-state index contributed by atoms with van der Waals surface area (Å²) >= 11 is 0. The third kappa shape index (κ3) is 3.86. The van der Waals surface area contributed by atoms with Crippen LogP contribution in [0.1, 0.15) is 43.0 Å². The summed E-state index contributed by atoms with van der Waals surface area (Å²) in [4.78, 5) is 50.6. The van der Waals surface area contributed by atoms with Crippen LogP contribution in [-0.4, -0.2) is 27.4 Å². The molecule has 3 aromatic carbocycles. The van der Waals surface area contributed by atoms with Gasteiger partial charge in [0.15, 0.2) is 0 Å². The van der Waals surface area contributed by atoms with Crippen molar-refractivity contribution >= 4 is 29.1 Å². The molecule has 184 valence electrons. The number of rotatable bonds is 4. The molecule has 0 spiro atoms. The maximum atomic E-state index is 14.4. The minimum Gasteiger partial charge on any atom is -0.443 e. The number of non-ortho nitro benzene ring substituents is 1. The number of hydrogen-bond donors (Lipinski definition) is 0. The lowest BCUT2D eigenvalue weighted by molar-refractivity contribution is -0.394. The Bertz CT molecular complexity index is 1410. The monoisotopic (exact) mass is 489 g/mol. The Morgan fingerprint density at radius 2 is 1.58 bits per heavy atom. The van der Waals surface area contributed by atoms with Gasteiger partial charge in [0.2, 0.25) is 0 Å². The Labute approximate surface area is 206 Å². The van der Waals surface area contributed by atoms with E-state index >= 15 is 0 Å². The highest BCUT2D eigenvalue weighted by Crippen LogP contribution is 2.53. The molecule has 1 aliphatic rings. The van der Waals surface area contributed by atoms with E-state index in [1.165, 1.54) is 6.07 Å². The van der Waals surface area contributed by atoms with Crippen LogP contribution in [0.5, 0.6) is 0 Å². The number of hydrogen-bond acceptors (Lipinski definition) is 7. The van der Waals surface area contributed by atoms with Gasteiger partial charge in [-0.25, -0.2) is 9.69 Å². The summed E-state index contributed by atoms with van der Waals surface area (Å²) in [7, 11) is 0. The van der Waals surface area contributed by atoms with E-state index in [4.69, 9.17) is 4.74 Å². The first kappa shape index (κ1) is 24.5. The van der Waals surface area contributed by atoms with Crippen molar-refractivity contribution in [2.24, 2.45) is 0 Å². The lowest BCUT2D eigenvalue weighted by Crippen LogP contribution is -2.46. The van der Waals surface area contributed by atoms with E-state index in [9.17, 15) is 29.8 Å². The van der Waals surface area contributed by atoms with Crippen molar-refractivity contribution in [2.75, 3.05) is 4.90 Å². The molecule has 0 bridgehead atoms. The Balaban J connectivity index is 2.13. The molecule has 0 aliphatic carbocycles. The Kier molecular flexibility index (Phi) is 5.83. The highest BCUT2D eigenvalue weighted by Gasteiger charge is 2.58. The molecule has 1 atom stereocenters. The molecular weight excluding hydrogens is 466 g/mol. The predicted molar refractivity (Wildman–Crippen MR) is 131 cm³/mol. The van der Waals surface area contributed by atoms with Crippen LogP contribution in [-0.2, 0) is 14.9 Å². The first-order chi connectivity index (χ1) is 16.9. The van der Waals surface area contributed by atoms with Crippen molar-refractivity contribution in [3.8, 4) is 0 Å². The van der Waals surface area contributed by atoms with Crippen LogP contribution in [0.15, 0.2) is 66.7 Å². The molecule has 0 radical (unpaired) electrons. The number of nitrogens with zero attached hydrogens (tertiary/aromatic N) is 3. The normalized spacial score (nSPS) is 17.0. The second-order valence-electron chi connectivity index (χ2n) is 9.47. The summed E-state index contributed by atoms with van der Waals surface area (Å²) in [6.07, 6.45) is -0.931. The molecular formula is C26H23N3O7. The number of carbonyl (C=O) groups is 2. The number of imide groups is 1. The predicted octanol–water partition coefficient (Wildman–Crippen LogP) is 5.43. The molecule has 10 heteroatoms. The van der Waals surface area contributed by atoms with Gasteiger partial charge >= 0.3 is 6.09 Å². The van der Waals surface area contributed by atoms with Crippen LogP contribution in [0, 0.1) is 27.2 Å². The summed E-state index contributed by atoms with van der Waals surface area (Å²) in [6.45, 7) is 6.77. The number of nitro benzene ring substituents is 2. The number of aryl methyl sites for hydroxylation is 1. The smallest absolute Gasteiger partial charge is 0.421 e. The average Bonchev–Trinajstić information content (AvgIpc) is 3.06. The lowest BCUT2D eigenvalue weighted by atomic mass is 9.69. The van der Waals surface area contributed by atoms with Gasteiger partial charge in [-0.05, 0) is 45.4 Å². The number of carbonyl (C=O) groups excluding carboxylic acids is 2. The van der Waals surface area contributed by atoms with Gasteiger partial charge in [0.1, 0.15) is 11.0 Å². The van der Waals surface area contributed by atoms with E-state index in [0.717, 1.165) is 22.6 Å². The Hall–Kier alpha value is -4.60. The summed E-state index contributed by atoms with van der Waals surface area (Å²) in [5, 5.41) is 23.6. The first-order valence-electron chi connectivity index (χ1n) is 11.1. The molecule has 0 aromatic heterocycles. The van der Waals surface area contributed by atoms with Crippen molar-refractivity contribution in [1.82, 2.24) is 0 Å². The van der Waals surface area contributed by atoms with Crippen LogP contribution >= 0.6 is 0 Å². The molecule has 2 amide bonds. The average molecular weight is 489 g/mol. The van der Waals surface area contributed by atoms with Gasteiger partial charge in [-0.15, -0.1) is 0 Å². The fourth-order valence-electron chi connectivity index (χ4n) is 4.51. The minimum atomic E-state index is -1.84. The highest BCUT2D eigenvalue weighted by atomic mass is 16.6. The van der Waals surface area contributed by atoms with Gasteiger partial charge in [0.05, 0.1) is 27.2 Å². The SMILES string of the molecule is Cc1ccc2c(c1)[C@@](c1ccccc1)(c1ccc([N+](=O)[O-])cc1[N+](=O)[O-])C(=O)N2C(=O)OC(C)(C)C. The second kappa shape index (κ2) is 8.56. The van der Waals surface area contributed by atoms with Crippen LogP contribution in [0.25, 0.3) is 0 Å². The maximum absolute atomic E-state index is 14.4. The molecule has 0 N–H and O–H groups in total. The van der Waals surface area contributed by atoms with E-state index in [1.54, 1.807) is 76.2 Å². The summed E-state index contributed by atoms with van der Waals surface area (Å²) < 4.78 is 5.52.